The fourth-order valence-corrected chi connectivity index (χ4v) is 3.52. The van der Waals surface area contributed by atoms with Gasteiger partial charge in [0.2, 0.25) is 10.0 Å². The van der Waals surface area contributed by atoms with Crippen LogP contribution in [0.5, 0.6) is 0 Å². The van der Waals surface area contributed by atoms with Gasteiger partial charge in [-0.3, -0.25) is 14.9 Å². The molecule has 0 radical (unpaired) electrons. The standard InChI is InChI=1S/C19H16N4O3S/c1-12-17(10-13-11-21-18-5-3-2-4-16(13)18)19(24)23(22-12)14-6-8-15(9-7-14)27(20,25)26/h2-11,22H,1H3,(H2,20,25,26)/b13-10-. The van der Waals surface area contributed by atoms with Gasteiger partial charge in [0.15, 0.2) is 0 Å². The average Bonchev–Trinajstić information content (AvgIpc) is 3.17. The second-order valence-electron chi connectivity index (χ2n) is 6.20. The number of benzene rings is 2. The molecule has 3 aromatic rings. The third-order valence-corrected chi connectivity index (χ3v) is 5.33. The topological polar surface area (TPSA) is 110 Å². The molecule has 0 bridgehead atoms. The maximum atomic E-state index is 12.9. The van der Waals surface area contributed by atoms with Crippen molar-refractivity contribution in [2.24, 2.45) is 10.1 Å². The summed E-state index contributed by atoms with van der Waals surface area (Å²) in [6.07, 6.45) is 3.54. The van der Waals surface area contributed by atoms with E-state index < -0.39 is 10.0 Å². The van der Waals surface area contributed by atoms with Gasteiger partial charge in [0.25, 0.3) is 5.56 Å². The Balaban J connectivity index is 1.77. The number of primary sulfonamides is 1. The Labute approximate surface area is 155 Å². The Hall–Kier alpha value is -3.23. The highest BCUT2D eigenvalue weighted by atomic mass is 32.2. The number of fused-ring (bicyclic) bond motifs is 1. The summed E-state index contributed by atoms with van der Waals surface area (Å²) in [6.45, 7) is 1.81. The van der Waals surface area contributed by atoms with Crippen LogP contribution in [-0.4, -0.2) is 24.4 Å². The van der Waals surface area contributed by atoms with Crippen molar-refractivity contribution in [3.8, 4) is 5.69 Å². The molecule has 2 heterocycles. The zero-order chi connectivity index (χ0) is 19.2. The van der Waals surface area contributed by atoms with Crippen molar-refractivity contribution in [3.63, 3.8) is 0 Å². The summed E-state index contributed by atoms with van der Waals surface area (Å²) >= 11 is 0. The van der Waals surface area contributed by atoms with Crippen LogP contribution in [0.3, 0.4) is 0 Å². The van der Waals surface area contributed by atoms with E-state index in [0.717, 1.165) is 16.8 Å². The number of allylic oxidation sites excluding steroid dienone is 1. The zero-order valence-electron chi connectivity index (χ0n) is 14.4. The summed E-state index contributed by atoms with van der Waals surface area (Å²) in [5, 5.41) is 8.13. The fraction of sp³-hybridized carbons (Fsp3) is 0.0526. The molecule has 2 aromatic carbocycles. The van der Waals surface area contributed by atoms with Crippen molar-refractivity contribution in [2.75, 3.05) is 0 Å². The Kier molecular flexibility index (Phi) is 3.94. The summed E-state index contributed by atoms with van der Waals surface area (Å²) in [5.74, 6) is 0. The molecule has 0 unspecified atom stereocenters. The molecule has 1 aliphatic rings. The molecule has 0 amide bonds. The highest BCUT2D eigenvalue weighted by Crippen LogP contribution is 2.32. The first kappa shape index (κ1) is 17.2. The van der Waals surface area contributed by atoms with Crippen molar-refractivity contribution in [1.29, 1.82) is 0 Å². The van der Waals surface area contributed by atoms with E-state index in [9.17, 15) is 13.2 Å². The number of rotatable bonds is 3. The summed E-state index contributed by atoms with van der Waals surface area (Å²) in [7, 11) is -3.78. The number of hydrogen-bond donors (Lipinski definition) is 2. The number of H-pyrrole nitrogens is 1. The van der Waals surface area contributed by atoms with Crippen LogP contribution in [0.25, 0.3) is 17.3 Å². The second kappa shape index (κ2) is 6.19. The Bertz CT molecular complexity index is 1260. The molecular formula is C19H16N4O3S. The molecule has 0 saturated heterocycles. The van der Waals surface area contributed by atoms with E-state index in [0.29, 0.717) is 16.9 Å². The van der Waals surface area contributed by atoms with Crippen molar-refractivity contribution in [1.82, 2.24) is 9.78 Å². The number of nitrogens with one attached hydrogen (secondary N) is 1. The molecule has 1 aromatic heterocycles. The van der Waals surface area contributed by atoms with Gasteiger partial charge in [0, 0.05) is 23.0 Å². The fourth-order valence-electron chi connectivity index (χ4n) is 3.01. The van der Waals surface area contributed by atoms with Crippen molar-refractivity contribution >= 4 is 33.6 Å². The van der Waals surface area contributed by atoms with Gasteiger partial charge in [-0.25, -0.2) is 18.2 Å². The minimum Gasteiger partial charge on any atom is -0.295 e. The third kappa shape index (κ3) is 3.05. The lowest BCUT2D eigenvalue weighted by atomic mass is 10.0. The van der Waals surface area contributed by atoms with Crippen LogP contribution in [0, 0.1) is 6.92 Å². The van der Waals surface area contributed by atoms with Gasteiger partial charge in [0.1, 0.15) is 0 Å². The van der Waals surface area contributed by atoms with Crippen molar-refractivity contribution < 1.29 is 8.42 Å². The smallest absolute Gasteiger partial charge is 0.278 e. The van der Waals surface area contributed by atoms with Crippen molar-refractivity contribution in [3.05, 3.63) is 75.7 Å². The number of aliphatic imine (C=N–C) groups is 1. The number of aromatic nitrogens is 2. The van der Waals surface area contributed by atoms with E-state index in [4.69, 9.17) is 5.14 Å². The molecule has 136 valence electrons. The molecule has 0 spiro atoms. The molecule has 0 atom stereocenters. The molecular weight excluding hydrogens is 364 g/mol. The maximum Gasteiger partial charge on any atom is 0.278 e. The molecule has 1 aliphatic heterocycles. The molecule has 7 nitrogen and oxygen atoms in total. The summed E-state index contributed by atoms with van der Waals surface area (Å²) in [5.41, 5.74) is 4.20. The van der Waals surface area contributed by atoms with Gasteiger partial charge in [-0.05, 0) is 43.3 Å². The number of nitrogens with two attached hydrogens (primary N) is 1. The summed E-state index contributed by atoms with van der Waals surface area (Å²) < 4.78 is 24.1. The quantitative estimate of drug-likeness (QED) is 0.728. The van der Waals surface area contributed by atoms with Gasteiger partial charge >= 0.3 is 0 Å². The Morgan fingerprint density at radius 3 is 2.52 bits per heavy atom. The number of nitrogens with zero attached hydrogens (tertiary/aromatic N) is 2. The second-order valence-corrected chi connectivity index (χ2v) is 7.77. The van der Waals surface area contributed by atoms with Gasteiger partial charge < -0.3 is 0 Å². The largest absolute Gasteiger partial charge is 0.295 e. The first-order chi connectivity index (χ1) is 12.8. The minimum atomic E-state index is -3.78. The normalized spacial score (nSPS) is 14.7. The predicted molar refractivity (Wildman–Crippen MR) is 105 cm³/mol. The molecule has 8 heteroatoms. The van der Waals surface area contributed by atoms with Crippen LogP contribution in [-0.2, 0) is 10.0 Å². The number of hydrogen-bond acceptors (Lipinski definition) is 4. The maximum absolute atomic E-state index is 12.9. The number of aromatic amines is 1. The average molecular weight is 380 g/mol. The van der Waals surface area contributed by atoms with Crippen LogP contribution >= 0.6 is 0 Å². The lowest BCUT2D eigenvalue weighted by Crippen LogP contribution is -2.17. The van der Waals surface area contributed by atoms with E-state index in [1.807, 2.05) is 24.3 Å². The van der Waals surface area contributed by atoms with E-state index in [1.54, 1.807) is 19.2 Å². The van der Waals surface area contributed by atoms with Gasteiger partial charge in [-0.2, -0.15) is 0 Å². The van der Waals surface area contributed by atoms with Crippen LogP contribution < -0.4 is 10.7 Å². The van der Waals surface area contributed by atoms with Crippen LogP contribution in [0.1, 0.15) is 16.8 Å². The van der Waals surface area contributed by atoms with Gasteiger partial charge in [0.05, 0.1) is 21.8 Å². The van der Waals surface area contributed by atoms with E-state index in [2.05, 4.69) is 10.1 Å². The summed E-state index contributed by atoms with van der Waals surface area (Å²) in [6, 6.07) is 13.5. The first-order valence-electron chi connectivity index (χ1n) is 8.14. The van der Waals surface area contributed by atoms with Crippen LogP contribution in [0.15, 0.2) is 63.2 Å². The lowest BCUT2D eigenvalue weighted by molar-refractivity contribution is 0.598. The monoisotopic (exact) mass is 380 g/mol. The lowest BCUT2D eigenvalue weighted by Gasteiger charge is -2.03. The van der Waals surface area contributed by atoms with Gasteiger partial charge in [-0.15, -0.1) is 0 Å². The molecule has 0 saturated carbocycles. The SMILES string of the molecule is Cc1[nH]n(-c2ccc(S(N)(=O)=O)cc2)c(=O)c1/C=C1/C=Nc2ccccc21. The zero-order valence-corrected chi connectivity index (χ0v) is 15.2. The Morgan fingerprint density at radius 1 is 1.11 bits per heavy atom. The number of aryl methyl sites for hydroxylation is 1. The molecule has 0 aliphatic carbocycles. The van der Waals surface area contributed by atoms with Crippen LogP contribution in [0.2, 0.25) is 0 Å². The molecule has 3 N–H and O–H groups in total. The predicted octanol–water partition coefficient (Wildman–Crippen LogP) is 2.38. The first-order valence-corrected chi connectivity index (χ1v) is 9.69. The van der Waals surface area contributed by atoms with E-state index in [-0.39, 0.29) is 10.5 Å². The summed E-state index contributed by atoms with van der Waals surface area (Å²) in [4.78, 5) is 17.2. The van der Waals surface area contributed by atoms with Crippen LogP contribution in [0.4, 0.5) is 5.69 Å². The highest BCUT2D eigenvalue weighted by Gasteiger charge is 2.16. The van der Waals surface area contributed by atoms with Gasteiger partial charge in [-0.1, -0.05) is 18.2 Å². The highest BCUT2D eigenvalue weighted by molar-refractivity contribution is 7.89. The third-order valence-electron chi connectivity index (χ3n) is 4.40. The van der Waals surface area contributed by atoms with Crippen molar-refractivity contribution in [2.45, 2.75) is 11.8 Å². The molecule has 0 fully saturated rings. The Morgan fingerprint density at radius 2 is 1.81 bits per heavy atom. The molecule has 4 rings (SSSR count). The molecule has 27 heavy (non-hydrogen) atoms. The number of para-hydroxylation sites is 1. The van der Waals surface area contributed by atoms with E-state index in [1.165, 1.54) is 28.9 Å². The minimum absolute atomic E-state index is 0.0105. The van der Waals surface area contributed by atoms with E-state index >= 15 is 0 Å². The number of sulfonamides is 1.